The molecule has 29 heavy (non-hydrogen) atoms. The van der Waals surface area contributed by atoms with Gasteiger partial charge in [-0.25, -0.2) is 14.9 Å². The Kier molecular flexibility index (Phi) is 7.24. The summed E-state index contributed by atoms with van der Waals surface area (Å²) in [6.45, 7) is 8.73. The van der Waals surface area contributed by atoms with Gasteiger partial charge in [-0.1, -0.05) is 19.9 Å². The molecule has 0 unspecified atom stereocenters. The van der Waals surface area contributed by atoms with E-state index in [0.717, 1.165) is 5.56 Å². The summed E-state index contributed by atoms with van der Waals surface area (Å²) in [5.41, 5.74) is 3.23. The second-order valence-corrected chi connectivity index (χ2v) is 6.74. The van der Waals surface area contributed by atoms with Crippen molar-refractivity contribution in [3.05, 3.63) is 47.5 Å². The van der Waals surface area contributed by atoms with Crippen LogP contribution in [0.1, 0.15) is 43.6 Å². The van der Waals surface area contributed by atoms with Gasteiger partial charge < -0.3 is 10.4 Å². The molecule has 0 aliphatic carbocycles. The van der Waals surface area contributed by atoms with Crippen LogP contribution in [0.2, 0.25) is 0 Å². The van der Waals surface area contributed by atoms with E-state index in [2.05, 4.69) is 26.0 Å². The van der Waals surface area contributed by atoms with Gasteiger partial charge in [0, 0.05) is 6.20 Å². The Morgan fingerprint density at radius 2 is 2.03 bits per heavy atom. The Morgan fingerprint density at radius 3 is 2.69 bits per heavy atom. The zero-order valence-corrected chi connectivity index (χ0v) is 17.1. The van der Waals surface area contributed by atoms with E-state index in [1.54, 1.807) is 32.9 Å². The summed E-state index contributed by atoms with van der Waals surface area (Å²) in [6, 6.07) is 4.73. The normalized spacial score (nSPS) is 11.0. The number of nitrogens with one attached hydrogen (secondary N) is 3. The number of anilines is 2. The molecule has 4 N–H and O–H groups in total. The van der Waals surface area contributed by atoms with Crippen LogP contribution < -0.4 is 10.8 Å². The highest BCUT2D eigenvalue weighted by Gasteiger charge is 2.22. The van der Waals surface area contributed by atoms with Crippen LogP contribution in [0, 0.1) is 12.7 Å². The van der Waals surface area contributed by atoms with Crippen molar-refractivity contribution in [2.45, 2.75) is 40.2 Å². The number of halogens is 1. The van der Waals surface area contributed by atoms with Crippen LogP contribution in [0.25, 0.3) is 11.0 Å². The Labute approximate surface area is 168 Å². The first-order valence-electron chi connectivity index (χ1n) is 9.25. The highest BCUT2D eigenvalue weighted by Crippen LogP contribution is 2.29. The highest BCUT2D eigenvalue weighted by atomic mass is 19.1. The Balaban J connectivity index is 0.00000145. The van der Waals surface area contributed by atoms with E-state index in [1.807, 2.05) is 13.8 Å². The molecular formula is C20H26FN5O3. The molecule has 0 atom stereocenters. The predicted octanol–water partition coefficient (Wildman–Crippen LogP) is 3.61. The number of hydroxylamine groups is 1. The average molecular weight is 403 g/mol. The van der Waals surface area contributed by atoms with Gasteiger partial charge in [0.1, 0.15) is 11.4 Å². The number of rotatable bonds is 6. The van der Waals surface area contributed by atoms with Crippen LogP contribution in [0.3, 0.4) is 0 Å². The van der Waals surface area contributed by atoms with Crippen LogP contribution in [-0.2, 0) is 4.84 Å². The SMILES string of the molecule is CC.Cc1ccc(Nc2c(C(=O)NOC(C)(C)CO)cnc3[nH]ncc23)c(F)c1. The molecule has 0 aliphatic heterocycles. The number of nitrogens with zero attached hydrogens (tertiary/aromatic N) is 2. The van der Waals surface area contributed by atoms with Crippen LogP contribution in [-0.4, -0.2) is 38.4 Å². The molecule has 0 fully saturated rings. The van der Waals surface area contributed by atoms with E-state index in [1.165, 1.54) is 18.5 Å². The summed E-state index contributed by atoms with van der Waals surface area (Å²) >= 11 is 0. The Bertz CT molecular complexity index is 987. The van der Waals surface area contributed by atoms with Gasteiger partial charge in [0.05, 0.1) is 35.1 Å². The smallest absolute Gasteiger partial charge is 0.278 e. The van der Waals surface area contributed by atoms with Crippen molar-refractivity contribution in [2.75, 3.05) is 11.9 Å². The van der Waals surface area contributed by atoms with E-state index in [0.29, 0.717) is 16.7 Å². The minimum Gasteiger partial charge on any atom is -0.393 e. The van der Waals surface area contributed by atoms with Gasteiger partial charge in [-0.05, 0) is 38.5 Å². The van der Waals surface area contributed by atoms with Gasteiger partial charge in [-0.15, -0.1) is 0 Å². The number of hydrogen-bond donors (Lipinski definition) is 4. The van der Waals surface area contributed by atoms with Crippen LogP contribution in [0.4, 0.5) is 15.8 Å². The second-order valence-electron chi connectivity index (χ2n) is 6.74. The second kappa shape index (κ2) is 9.44. The summed E-state index contributed by atoms with van der Waals surface area (Å²) < 4.78 is 14.3. The number of benzene rings is 1. The minimum absolute atomic E-state index is 0.137. The predicted molar refractivity (Wildman–Crippen MR) is 109 cm³/mol. The van der Waals surface area contributed by atoms with Crippen molar-refractivity contribution in [3.63, 3.8) is 0 Å². The topological polar surface area (TPSA) is 112 Å². The molecule has 0 aliphatic rings. The number of amides is 1. The van der Waals surface area contributed by atoms with Crippen LogP contribution in [0.15, 0.2) is 30.6 Å². The Morgan fingerprint density at radius 1 is 1.31 bits per heavy atom. The lowest BCUT2D eigenvalue weighted by molar-refractivity contribution is -0.0956. The fourth-order valence-electron chi connectivity index (χ4n) is 2.33. The van der Waals surface area contributed by atoms with Crippen LogP contribution in [0.5, 0.6) is 0 Å². The van der Waals surface area contributed by atoms with E-state index in [-0.39, 0.29) is 17.9 Å². The molecule has 3 rings (SSSR count). The summed E-state index contributed by atoms with van der Waals surface area (Å²) in [5, 5.41) is 19.3. The molecule has 0 saturated heterocycles. The molecule has 2 aromatic heterocycles. The maximum absolute atomic E-state index is 14.3. The first kappa shape index (κ1) is 22.3. The van der Waals surface area contributed by atoms with Gasteiger partial charge >= 0.3 is 0 Å². The molecule has 156 valence electrons. The number of pyridine rings is 1. The van der Waals surface area contributed by atoms with Gasteiger partial charge in [-0.2, -0.15) is 5.10 Å². The molecule has 0 spiro atoms. The van der Waals surface area contributed by atoms with Gasteiger partial charge in [0.15, 0.2) is 5.65 Å². The average Bonchev–Trinajstić information content (AvgIpc) is 3.19. The summed E-state index contributed by atoms with van der Waals surface area (Å²) in [6.07, 6.45) is 2.83. The number of aromatic nitrogens is 3. The van der Waals surface area contributed by atoms with Crippen LogP contribution >= 0.6 is 0 Å². The summed E-state index contributed by atoms with van der Waals surface area (Å²) in [5.74, 6) is -1.05. The monoisotopic (exact) mass is 403 g/mol. The first-order chi connectivity index (χ1) is 13.8. The third-order valence-electron chi connectivity index (χ3n) is 3.91. The van der Waals surface area contributed by atoms with E-state index >= 15 is 0 Å². The zero-order chi connectivity index (χ0) is 21.6. The lowest BCUT2D eigenvalue weighted by Crippen LogP contribution is -2.38. The number of H-pyrrole nitrogens is 1. The molecule has 1 amide bonds. The largest absolute Gasteiger partial charge is 0.393 e. The number of aliphatic hydroxyl groups excluding tert-OH is 1. The lowest BCUT2D eigenvalue weighted by atomic mass is 10.1. The van der Waals surface area contributed by atoms with Gasteiger partial charge in [0.2, 0.25) is 0 Å². The van der Waals surface area contributed by atoms with Gasteiger partial charge in [0.25, 0.3) is 5.91 Å². The number of aryl methyl sites for hydroxylation is 1. The fourth-order valence-corrected chi connectivity index (χ4v) is 2.33. The molecular weight excluding hydrogens is 377 g/mol. The number of carbonyl (C=O) groups excluding carboxylic acids is 1. The van der Waals surface area contributed by atoms with Crippen molar-refractivity contribution in [1.29, 1.82) is 0 Å². The molecule has 2 heterocycles. The molecule has 0 bridgehead atoms. The molecule has 0 saturated carbocycles. The zero-order valence-electron chi connectivity index (χ0n) is 17.1. The first-order valence-corrected chi connectivity index (χ1v) is 9.25. The molecule has 9 heteroatoms. The fraction of sp³-hybridized carbons (Fsp3) is 0.350. The molecule has 3 aromatic rings. The maximum Gasteiger partial charge on any atom is 0.278 e. The van der Waals surface area contributed by atoms with Crippen molar-refractivity contribution in [2.24, 2.45) is 0 Å². The number of hydrogen-bond acceptors (Lipinski definition) is 6. The standard InChI is InChI=1S/C18H20FN5O3.C2H6/c1-10-4-5-14(13(19)6-10)22-15-11-8-21-23-16(11)20-7-12(15)17(26)24-27-18(2,3)9-25;1-2/h4-8,25H,9H2,1-3H3,(H,24,26)(H2,20,21,22,23);1-2H3. The number of aromatic amines is 1. The van der Waals surface area contributed by atoms with Gasteiger partial charge in [-0.3, -0.25) is 14.7 Å². The minimum atomic E-state index is -0.959. The van der Waals surface area contributed by atoms with E-state index < -0.39 is 17.3 Å². The van der Waals surface area contributed by atoms with Crippen molar-refractivity contribution < 1.29 is 19.1 Å². The maximum atomic E-state index is 14.3. The van der Waals surface area contributed by atoms with E-state index in [9.17, 15) is 14.3 Å². The van der Waals surface area contributed by atoms with E-state index in [4.69, 9.17) is 4.84 Å². The molecule has 1 aromatic carbocycles. The number of fused-ring (bicyclic) bond motifs is 1. The highest BCUT2D eigenvalue weighted by molar-refractivity contribution is 6.07. The third kappa shape index (κ3) is 5.27. The summed E-state index contributed by atoms with van der Waals surface area (Å²) in [7, 11) is 0. The lowest BCUT2D eigenvalue weighted by Gasteiger charge is -2.22. The molecule has 0 radical (unpaired) electrons. The quantitative estimate of drug-likeness (QED) is 0.468. The van der Waals surface area contributed by atoms with Crippen molar-refractivity contribution in [3.8, 4) is 0 Å². The van der Waals surface area contributed by atoms with Crippen molar-refractivity contribution in [1.82, 2.24) is 20.7 Å². The number of carbonyl (C=O) groups is 1. The molecule has 8 nitrogen and oxygen atoms in total. The van der Waals surface area contributed by atoms with Crippen molar-refractivity contribution >= 4 is 28.3 Å². The number of aliphatic hydroxyl groups is 1. The Hall–Kier alpha value is -3.04. The third-order valence-corrected chi connectivity index (χ3v) is 3.91. The summed E-state index contributed by atoms with van der Waals surface area (Å²) in [4.78, 5) is 22.0.